The highest BCUT2D eigenvalue weighted by Crippen LogP contribution is 2.41. The summed E-state index contributed by atoms with van der Waals surface area (Å²) in [6, 6.07) is 0. The molecule has 0 bridgehead atoms. The summed E-state index contributed by atoms with van der Waals surface area (Å²) in [5, 5.41) is 2.84. The minimum atomic E-state index is -5.45. The molecule has 0 aromatic rings. The fraction of sp³-hybridized carbons (Fsp3) is 1.00. The van der Waals surface area contributed by atoms with E-state index < -0.39 is 24.1 Å². The zero-order chi connectivity index (χ0) is 16.1. The van der Waals surface area contributed by atoms with Gasteiger partial charge in [0.2, 0.25) is 6.10 Å². The van der Waals surface area contributed by atoms with Gasteiger partial charge in [0.05, 0.1) is 5.60 Å². The van der Waals surface area contributed by atoms with E-state index in [-0.39, 0.29) is 19.4 Å². The maximum atomic E-state index is 12.7. The summed E-state index contributed by atoms with van der Waals surface area (Å²) < 4.78 is 80.9. The Morgan fingerprint density at radius 2 is 1.43 bits per heavy atom. The van der Waals surface area contributed by atoms with E-state index in [1.165, 1.54) is 0 Å². The van der Waals surface area contributed by atoms with Crippen LogP contribution in [-0.2, 0) is 4.74 Å². The second kappa shape index (κ2) is 7.17. The van der Waals surface area contributed by atoms with Crippen molar-refractivity contribution in [1.82, 2.24) is 5.32 Å². The lowest BCUT2D eigenvalue weighted by Gasteiger charge is -2.38. The molecule has 126 valence electrons. The van der Waals surface area contributed by atoms with E-state index in [0.29, 0.717) is 19.4 Å². The second-order valence-electron chi connectivity index (χ2n) is 5.46. The van der Waals surface area contributed by atoms with E-state index in [4.69, 9.17) is 0 Å². The Bertz CT molecular complexity index is 293. The van der Waals surface area contributed by atoms with Crippen LogP contribution in [0.1, 0.15) is 45.4 Å². The molecule has 0 aromatic heterocycles. The van der Waals surface area contributed by atoms with Crippen LogP contribution in [0.2, 0.25) is 0 Å². The van der Waals surface area contributed by atoms with E-state index in [2.05, 4.69) is 10.1 Å². The summed E-state index contributed by atoms with van der Waals surface area (Å²) in [6.45, 7) is 2.22. The molecule has 0 aliphatic heterocycles. The van der Waals surface area contributed by atoms with Gasteiger partial charge in [-0.15, -0.1) is 0 Å². The normalized spacial score (nSPS) is 20.6. The maximum absolute atomic E-state index is 12.7. The highest BCUT2D eigenvalue weighted by Gasteiger charge is 2.60. The predicted molar refractivity (Wildman–Crippen MR) is 66.0 cm³/mol. The summed E-state index contributed by atoms with van der Waals surface area (Å²) in [4.78, 5) is 0. The molecule has 1 N–H and O–H groups in total. The van der Waals surface area contributed by atoms with Gasteiger partial charge < -0.3 is 10.1 Å². The van der Waals surface area contributed by atoms with Gasteiger partial charge in [-0.25, -0.2) is 0 Å². The minimum Gasteiger partial charge on any atom is -0.353 e. The quantitative estimate of drug-likeness (QED) is 0.605. The first-order chi connectivity index (χ1) is 9.61. The molecule has 1 aliphatic rings. The van der Waals surface area contributed by atoms with Crippen LogP contribution in [0.4, 0.5) is 26.3 Å². The standard InChI is InChI=1S/C13H21F6NO/c1-2-20-9-11(7-5-3-4-6-8-11)21-10(12(14,15)16)13(17,18)19/h10,20H,2-9H2,1H3. The van der Waals surface area contributed by atoms with E-state index in [1.54, 1.807) is 6.92 Å². The van der Waals surface area contributed by atoms with Gasteiger partial charge in [-0.1, -0.05) is 32.6 Å². The summed E-state index contributed by atoms with van der Waals surface area (Å²) >= 11 is 0. The molecule has 0 saturated heterocycles. The Hall–Kier alpha value is -0.500. The van der Waals surface area contributed by atoms with Crippen molar-refractivity contribution in [3.8, 4) is 0 Å². The molecule has 0 aromatic carbocycles. The number of ether oxygens (including phenoxy) is 1. The van der Waals surface area contributed by atoms with Crippen molar-refractivity contribution >= 4 is 0 Å². The van der Waals surface area contributed by atoms with E-state index in [0.717, 1.165) is 12.8 Å². The van der Waals surface area contributed by atoms with Crippen LogP contribution < -0.4 is 5.32 Å². The lowest BCUT2D eigenvalue weighted by Crippen LogP contribution is -2.53. The van der Waals surface area contributed by atoms with Gasteiger partial charge in [0, 0.05) is 6.54 Å². The minimum absolute atomic E-state index is 0.00611. The number of hydrogen-bond acceptors (Lipinski definition) is 2. The molecule has 1 fully saturated rings. The van der Waals surface area contributed by atoms with Crippen LogP contribution in [0.25, 0.3) is 0 Å². The highest BCUT2D eigenvalue weighted by molar-refractivity contribution is 4.90. The molecule has 2 nitrogen and oxygen atoms in total. The topological polar surface area (TPSA) is 21.3 Å². The number of alkyl halides is 6. The van der Waals surface area contributed by atoms with Crippen molar-refractivity contribution < 1.29 is 31.1 Å². The SMILES string of the molecule is CCNCC1(OC(C(F)(F)F)C(F)(F)F)CCCCCC1. The molecule has 0 amide bonds. The zero-order valence-corrected chi connectivity index (χ0v) is 11.9. The Labute approximate surface area is 120 Å². The number of nitrogens with one attached hydrogen (secondary N) is 1. The third-order valence-electron chi connectivity index (χ3n) is 3.67. The van der Waals surface area contributed by atoms with Gasteiger partial charge >= 0.3 is 12.4 Å². The Morgan fingerprint density at radius 1 is 0.952 bits per heavy atom. The van der Waals surface area contributed by atoms with Crippen molar-refractivity contribution in [3.05, 3.63) is 0 Å². The van der Waals surface area contributed by atoms with E-state index in [1.807, 2.05) is 0 Å². The van der Waals surface area contributed by atoms with Gasteiger partial charge in [0.1, 0.15) is 0 Å². The molecule has 8 heteroatoms. The first-order valence-corrected chi connectivity index (χ1v) is 7.13. The van der Waals surface area contributed by atoms with Crippen LogP contribution >= 0.6 is 0 Å². The number of hydrogen-bond donors (Lipinski definition) is 1. The highest BCUT2D eigenvalue weighted by atomic mass is 19.4. The molecular formula is C13H21F6NO. The lowest BCUT2D eigenvalue weighted by atomic mass is 9.93. The number of rotatable bonds is 5. The molecule has 0 heterocycles. The van der Waals surface area contributed by atoms with Crippen LogP contribution in [-0.4, -0.2) is 37.1 Å². The molecule has 21 heavy (non-hydrogen) atoms. The first-order valence-electron chi connectivity index (χ1n) is 7.13. The van der Waals surface area contributed by atoms with Crippen LogP contribution in [0, 0.1) is 0 Å². The molecule has 1 aliphatic carbocycles. The average Bonchev–Trinajstić information content (AvgIpc) is 2.57. The van der Waals surface area contributed by atoms with E-state index >= 15 is 0 Å². The Kier molecular flexibility index (Phi) is 6.34. The molecule has 0 unspecified atom stereocenters. The third-order valence-corrected chi connectivity index (χ3v) is 3.67. The van der Waals surface area contributed by atoms with Crippen molar-refractivity contribution in [2.45, 2.75) is 69.5 Å². The zero-order valence-electron chi connectivity index (χ0n) is 11.9. The van der Waals surface area contributed by atoms with Gasteiger partial charge in [-0.3, -0.25) is 0 Å². The van der Waals surface area contributed by atoms with Crippen molar-refractivity contribution in [1.29, 1.82) is 0 Å². The molecule has 0 atom stereocenters. The van der Waals surface area contributed by atoms with Gasteiger partial charge in [-0.05, 0) is 19.4 Å². The number of halogens is 6. The fourth-order valence-corrected chi connectivity index (χ4v) is 2.63. The van der Waals surface area contributed by atoms with Crippen LogP contribution in [0.3, 0.4) is 0 Å². The Morgan fingerprint density at radius 3 is 1.81 bits per heavy atom. The molecule has 0 spiro atoms. The van der Waals surface area contributed by atoms with Crippen molar-refractivity contribution in [3.63, 3.8) is 0 Å². The summed E-state index contributed by atoms with van der Waals surface area (Å²) in [6.07, 6.45) is -11.4. The van der Waals surface area contributed by atoms with Crippen LogP contribution in [0.15, 0.2) is 0 Å². The molecule has 1 rings (SSSR count). The number of likely N-dealkylation sites (N-methyl/N-ethyl adjacent to an activating group) is 1. The largest absolute Gasteiger partial charge is 0.423 e. The van der Waals surface area contributed by atoms with Crippen LogP contribution in [0.5, 0.6) is 0 Å². The second-order valence-corrected chi connectivity index (χ2v) is 5.46. The lowest BCUT2D eigenvalue weighted by molar-refractivity contribution is -0.345. The van der Waals surface area contributed by atoms with Gasteiger partial charge in [0.15, 0.2) is 0 Å². The summed E-state index contributed by atoms with van der Waals surface area (Å²) in [5.41, 5.74) is -1.40. The van der Waals surface area contributed by atoms with Crippen molar-refractivity contribution in [2.24, 2.45) is 0 Å². The monoisotopic (exact) mass is 321 g/mol. The maximum Gasteiger partial charge on any atom is 0.423 e. The average molecular weight is 321 g/mol. The predicted octanol–water partition coefficient (Wildman–Crippen LogP) is 4.20. The molecule has 0 radical (unpaired) electrons. The van der Waals surface area contributed by atoms with Gasteiger partial charge in [0.25, 0.3) is 0 Å². The van der Waals surface area contributed by atoms with Crippen molar-refractivity contribution in [2.75, 3.05) is 13.1 Å². The third kappa shape index (κ3) is 5.65. The fourth-order valence-electron chi connectivity index (χ4n) is 2.63. The molecule has 1 saturated carbocycles. The Balaban J connectivity index is 2.96. The smallest absolute Gasteiger partial charge is 0.353 e. The summed E-state index contributed by atoms with van der Waals surface area (Å²) in [5.74, 6) is 0. The summed E-state index contributed by atoms with van der Waals surface area (Å²) in [7, 11) is 0. The molecular weight excluding hydrogens is 300 g/mol. The van der Waals surface area contributed by atoms with E-state index in [9.17, 15) is 26.3 Å². The first kappa shape index (κ1) is 18.5. The van der Waals surface area contributed by atoms with Gasteiger partial charge in [-0.2, -0.15) is 26.3 Å².